The predicted octanol–water partition coefficient (Wildman–Crippen LogP) is 1.77. The standard InChI is InChI=1S/C14H15ClN6O3S/c1-9-13(14(18-20(9)2)21-7-16-17-8-21)19-25(22,23)12-6-10(15)4-5-11(12)24-3/h4-8,19H,1-3H3. The molecular formula is C14H15ClN6O3S. The first-order chi connectivity index (χ1) is 11.8. The highest BCUT2D eigenvalue weighted by Crippen LogP contribution is 2.31. The summed E-state index contributed by atoms with van der Waals surface area (Å²) in [5, 5.41) is 12.0. The van der Waals surface area contributed by atoms with Crippen molar-refractivity contribution in [3.05, 3.63) is 41.6 Å². The maximum atomic E-state index is 12.9. The highest BCUT2D eigenvalue weighted by molar-refractivity contribution is 7.92. The number of nitrogens with one attached hydrogen (secondary N) is 1. The van der Waals surface area contributed by atoms with Gasteiger partial charge in [-0.2, -0.15) is 5.10 Å². The first-order valence-corrected chi connectivity index (χ1v) is 8.94. The molecule has 9 nitrogen and oxygen atoms in total. The molecule has 3 aromatic rings. The zero-order valence-electron chi connectivity index (χ0n) is 13.6. The topological polar surface area (TPSA) is 104 Å². The lowest BCUT2D eigenvalue weighted by molar-refractivity contribution is 0.403. The third-order valence-electron chi connectivity index (χ3n) is 3.63. The van der Waals surface area contributed by atoms with Gasteiger partial charge in [-0.25, -0.2) is 8.42 Å². The van der Waals surface area contributed by atoms with Gasteiger partial charge in [-0.05, 0) is 25.1 Å². The molecule has 0 amide bonds. The van der Waals surface area contributed by atoms with E-state index in [4.69, 9.17) is 16.3 Å². The second kappa shape index (κ2) is 6.37. The molecule has 1 N–H and O–H groups in total. The number of hydrogen-bond donors (Lipinski definition) is 1. The van der Waals surface area contributed by atoms with E-state index in [1.54, 1.807) is 24.7 Å². The fraction of sp³-hybridized carbons (Fsp3) is 0.214. The van der Waals surface area contributed by atoms with E-state index >= 15 is 0 Å². The Labute approximate surface area is 149 Å². The van der Waals surface area contributed by atoms with Crippen LogP contribution in [-0.2, 0) is 17.1 Å². The molecule has 25 heavy (non-hydrogen) atoms. The second-order valence-electron chi connectivity index (χ2n) is 5.18. The summed E-state index contributed by atoms with van der Waals surface area (Å²) in [6.07, 6.45) is 2.86. The van der Waals surface area contributed by atoms with Crippen molar-refractivity contribution in [3.63, 3.8) is 0 Å². The number of methoxy groups -OCH3 is 1. The number of aromatic nitrogens is 5. The normalized spacial score (nSPS) is 11.5. The highest BCUT2D eigenvalue weighted by Gasteiger charge is 2.25. The predicted molar refractivity (Wildman–Crippen MR) is 91.7 cm³/mol. The van der Waals surface area contributed by atoms with Gasteiger partial charge < -0.3 is 4.74 Å². The molecule has 3 rings (SSSR count). The number of halogens is 1. The van der Waals surface area contributed by atoms with Crippen molar-refractivity contribution >= 4 is 27.3 Å². The van der Waals surface area contributed by atoms with Crippen molar-refractivity contribution in [1.82, 2.24) is 24.5 Å². The van der Waals surface area contributed by atoms with Crippen molar-refractivity contribution in [2.75, 3.05) is 11.8 Å². The van der Waals surface area contributed by atoms with E-state index in [2.05, 4.69) is 20.0 Å². The van der Waals surface area contributed by atoms with E-state index in [0.717, 1.165) is 0 Å². The molecule has 0 fully saturated rings. The van der Waals surface area contributed by atoms with Crippen molar-refractivity contribution in [2.24, 2.45) is 7.05 Å². The van der Waals surface area contributed by atoms with Crippen LogP contribution in [-0.4, -0.2) is 40.1 Å². The summed E-state index contributed by atoms with van der Waals surface area (Å²) in [6, 6.07) is 4.37. The molecule has 0 saturated carbocycles. The summed E-state index contributed by atoms with van der Waals surface area (Å²) in [4.78, 5) is -0.0690. The van der Waals surface area contributed by atoms with Gasteiger partial charge in [0.1, 0.15) is 29.0 Å². The summed E-state index contributed by atoms with van der Waals surface area (Å²) in [5.41, 5.74) is 0.928. The van der Waals surface area contributed by atoms with Crippen molar-refractivity contribution in [3.8, 4) is 11.6 Å². The van der Waals surface area contributed by atoms with Crippen LogP contribution < -0.4 is 9.46 Å². The molecule has 0 spiro atoms. The molecule has 2 heterocycles. The molecule has 2 aromatic heterocycles. The van der Waals surface area contributed by atoms with E-state index in [1.807, 2.05) is 0 Å². The first kappa shape index (κ1) is 17.2. The molecule has 11 heteroatoms. The molecule has 0 radical (unpaired) electrons. The first-order valence-electron chi connectivity index (χ1n) is 7.08. The minimum atomic E-state index is -3.97. The molecule has 1 aromatic carbocycles. The molecule has 132 valence electrons. The fourth-order valence-corrected chi connectivity index (χ4v) is 3.80. The summed E-state index contributed by atoms with van der Waals surface area (Å²) < 4.78 is 36.5. The smallest absolute Gasteiger partial charge is 0.265 e. The Morgan fingerprint density at radius 3 is 2.56 bits per heavy atom. The van der Waals surface area contributed by atoms with Crippen LogP contribution in [0.2, 0.25) is 5.02 Å². The lowest BCUT2D eigenvalue weighted by atomic mass is 10.3. The summed E-state index contributed by atoms with van der Waals surface area (Å²) in [5.74, 6) is 0.541. The highest BCUT2D eigenvalue weighted by atomic mass is 35.5. The van der Waals surface area contributed by atoms with Crippen LogP contribution in [0.25, 0.3) is 5.82 Å². The Bertz CT molecular complexity index is 1010. The van der Waals surface area contributed by atoms with Crippen LogP contribution in [0.1, 0.15) is 5.69 Å². The summed E-state index contributed by atoms with van der Waals surface area (Å²) >= 11 is 5.95. The number of aryl methyl sites for hydroxylation is 1. The third kappa shape index (κ3) is 3.17. The minimum absolute atomic E-state index is 0.0690. The Morgan fingerprint density at radius 2 is 1.92 bits per heavy atom. The summed E-state index contributed by atoms with van der Waals surface area (Å²) in [6.45, 7) is 1.74. The molecule has 0 aliphatic carbocycles. The molecule has 0 aliphatic rings. The van der Waals surface area contributed by atoms with Crippen LogP contribution in [0.5, 0.6) is 5.75 Å². The van der Waals surface area contributed by atoms with E-state index in [9.17, 15) is 8.42 Å². The van der Waals surface area contributed by atoms with E-state index in [1.165, 1.54) is 36.5 Å². The number of nitrogens with zero attached hydrogens (tertiary/aromatic N) is 5. The zero-order chi connectivity index (χ0) is 18.2. The molecule has 0 saturated heterocycles. The average molecular weight is 383 g/mol. The maximum Gasteiger partial charge on any atom is 0.265 e. The van der Waals surface area contributed by atoms with Gasteiger partial charge in [0, 0.05) is 12.1 Å². The van der Waals surface area contributed by atoms with Crippen molar-refractivity contribution in [1.29, 1.82) is 0 Å². The van der Waals surface area contributed by atoms with E-state index in [0.29, 0.717) is 17.2 Å². The van der Waals surface area contributed by atoms with Crippen molar-refractivity contribution < 1.29 is 13.2 Å². The molecular weight excluding hydrogens is 368 g/mol. The van der Waals surface area contributed by atoms with Gasteiger partial charge in [0.15, 0.2) is 5.82 Å². The Kier molecular flexibility index (Phi) is 4.39. The van der Waals surface area contributed by atoms with Crippen LogP contribution >= 0.6 is 11.6 Å². The molecule has 0 unspecified atom stereocenters. The van der Waals surface area contributed by atoms with Crippen LogP contribution in [0.3, 0.4) is 0 Å². The molecule has 0 aliphatic heterocycles. The summed E-state index contributed by atoms with van der Waals surface area (Å²) in [7, 11) is -0.870. The molecule has 0 bridgehead atoms. The largest absolute Gasteiger partial charge is 0.495 e. The maximum absolute atomic E-state index is 12.9. The van der Waals surface area contributed by atoms with Gasteiger partial charge in [-0.1, -0.05) is 11.6 Å². The quantitative estimate of drug-likeness (QED) is 0.721. The monoisotopic (exact) mass is 382 g/mol. The van der Waals surface area contributed by atoms with Gasteiger partial charge in [0.05, 0.1) is 12.8 Å². The van der Waals surface area contributed by atoms with Crippen LogP contribution in [0.4, 0.5) is 5.69 Å². The number of rotatable bonds is 5. The van der Waals surface area contributed by atoms with Gasteiger partial charge >= 0.3 is 0 Å². The third-order valence-corrected chi connectivity index (χ3v) is 5.24. The van der Waals surface area contributed by atoms with E-state index < -0.39 is 10.0 Å². The fourth-order valence-electron chi connectivity index (χ4n) is 2.25. The Hall–Kier alpha value is -2.59. The van der Waals surface area contributed by atoms with Gasteiger partial charge in [0.2, 0.25) is 0 Å². The Balaban J connectivity index is 2.10. The van der Waals surface area contributed by atoms with Gasteiger partial charge in [-0.15, -0.1) is 10.2 Å². The Morgan fingerprint density at radius 1 is 1.24 bits per heavy atom. The number of benzene rings is 1. The zero-order valence-corrected chi connectivity index (χ0v) is 15.2. The van der Waals surface area contributed by atoms with Crippen molar-refractivity contribution in [2.45, 2.75) is 11.8 Å². The van der Waals surface area contributed by atoms with Crippen LogP contribution in [0, 0.1) is 6.92 Å². The van der Waals surface area contributed by atoms with E-state index in [-0.39, 0.29) is 15.7 Å². The number of hydrogen-bond acceptors (Lipinski definition) is 6. The minimum Gasteiger partial charge on any atom is -0.495 e. The van der Waals surface area contributed by atoms with Gasteiger partial charge in [-0.3, -0.25) is 14.0 Å². The number of sulfonamides is 1. The molecule has 0 atom stereocenters. The SMILES string of the molecule is COc1ccc(Cl)cc1S(=O)(=O)Nc1c(-n2cnnc2)nn(C)c1C. The number of ether oxygens (including phenoxy) is 1. The number of anilines is 1. The second-order valence-corrected chi connectivity index (χ2v) is 7.26. The van der Waals surface area contributed by atoms with Crippen LogP contribution in [0.15, 0.2) is 35.7 Å². The van der Waals surface area contributed by atoms with Gasteiger partial charge in [0.25, 0.3) is 10.0 Å². The lowest BCUT2D eigenvalue weighted by Crippen LogP contribution is -2.16. The average Bonchev–Trinajstić information content (AvgIpc) is 3.19. The lowest BCUT2D eigenvalue weighted by Gasteiger charge is -2.12.